The summed E-state index contributed by atoms with van der Waals surface area (Å²) >= 11 is 0. The lowest BCUT2D eigenvalue weighted by atomic mass is 9.96. The van der Waals surface area contributed by atoms with Crippen LogP contribution in [-0.2, 0) is 15.5 Å². The normalized spacial score (nSPS) is 31.5. The molecule has 0 aromatic rings. The van der Waals surface area contributed by atoms with E-state index in [9.17, 15) is 4.21 Å². The van der Waals surface area contributed by atoms with Crippen LogP contribution in [0.3, 0.4) is 0 Å². The highest BCUT2D eigenvalue weighted by Crippen LogP contribution is 2.21. The summed E-state index contributed by atoms with van der Waals surface area (Å²) in [5.41, 5.74) is 5.77. The summed E-state index contributed by atoms with van der Waals surface area (Å²) in [5, 5.41) is 0.370. The number of methoxy groups -OCH3 is 1. The zero-order chi connectivity index (χ0) is 9.68. The summed E-state index contributed by atoms with van der Waals surface area (Å²) in [6.45, 7) is 0.606. The average Bonchev–Trinajstić information content (AvgIpc) is 2.15. The van der Waals surface area contributed by atoms with Crippen LogP contribution in [0.5, 0.6) is 0 Å². The van der Waals surface area contributed by atoms with Gasteiger partial charge in [0.2, 0.25) is 0 Å². The number of ether oxygens (including phenoxy) is 1. The SMILES string of the molecule is COCCS(=O)C1CCC(N)CC1. The third kappa shape index (κ3) is 3.75. The van der Waals surface area contributed by atoms with E-state index >= 15 is 0 Å². The maximum Gasteiger partial charge on any atom is 0.0577 e. The van der Waals surface area contributed by atoms with E-state index in [1.807, 2.05) is 0 Å². The summed E-state index contributed by atoms with van der Waals surface area (Å²) in [4.78, 5) is 0. The van der Waals surface area contributed by atoms with Gasteiger partial charge in [-0.15, -0.1) is 0 Å². The third-order valence-corrected chi connectivity index (χ3v) is 4.36. The van der Waals surface area contributed by atoms with E-state index in [2.05, 4.69) is 0 Å². The van der Waals surface area contributed by atoms with Crippen LogP contribution in [0.4, 0.5) is 0 Å². The lowest BCUT2D eigenvalue weighted by Gasteiger charge is -2.25. The van der Waals surface area contributed by atoms with Gasteiger partial charge in [0.25, 0.3) is 0 Å². The van der Waals surface area contributed by atoms with E-state index in [0.29, 0.717) is 23.7 Å². The molecule has 0 aliphatic heterocycles. The highest BCUT2D eigenvalue weighted by molar-refractivity contribution is 7.85. The van der Waals surface area contributed by atoms with Crippen molar-refractivity contribution >= 4 is 10.8 Å². The van der Waals surface area contributed by atoms with Crippen molar-refractivity contribution in [1.82, 2.24) is 0 Å². The molecule has 0 amide bonds. The summed E-state index contributed by atoms with van der Waals surface area (Å²) in [6, 6.07) is 0.343. The Labute approximate surface area is 82.5 Å². The minimum atomic E-state index is -0.702. The van der Waals surface area contributed by atoms with E-state index in [1.54, 1.807) is 7.11 Å². The van der Waals surface area contributed by atoms with Crippen molar-refractivity contribution < 1.29 is 8.95 Å². The third-order valence-electron chi connectivity index (χ3n) is 2.58. The number of hydrogen-bond donors (Lipinski definition) is 1. The first-order valence-electron chi connectivity index (χ1n) is 4.85. The van der Waals surface area contributed by atoms with Crippen LogP contribution in [0, 0.1) is 0 Å². The lowest BCUT2D eigenvalue weighted by molar-refractivity contribution is 0.217. The van der Waals surface area contributed by atoms with Gasteiger partial charge in [-0.25, -0.2) is 0 Å². The van der Waals surface area contributed by atoms with Gasteiger partial charge in [0.05, 0.1) is 6.61 Å². The standard InChI is InChI=1S/C9H19NO2S/c1-12-6-7-13(11)9-4-2-8(10)3-5-9/h8-9H,2-7,10H2,1H3. The van der Waals surface area contributed by atoms with E-state index < -0.39 is 10.8 Å². The second kappa shape index (κ2) is 5.73. The lowest BCUT2D eigenvalue weighted by Crippen LogP contribution is -2.32. The Hall–Kier alpha value is 0.0700. The minimum Gasteiger partial charge on any atom is -0.384 e. The van der Waals surface area contributed by atoms with Crippen molar-refractivity contribution in [2.75, 3.05) is 19.5 Å². The van der Waals surface area contributed by atoms with Crippen molar-refractivity contribution in [3.8, 4) is 0 Å². The molecule has 3 nitrogen and oxygen atoms in total. The fourth-order valence-electron chi connectivity index (χ4n) is 1.68. The molecule has 0 heterocycles. The van der Waals surface area contributed by atoms with Gasteiger partial charge in [-0.05, 0) is 25.7 Å². The van der Waals surface area contributed by atoms with Crippen LogP contribution in [0.2, 0.25) is 0 Å². The van der Waals surface area contributed by atoms with Crippen LogP contribution in [0.1, 0.15) is 25.7 Å². The molecule has 78 valence electrons. The molecular formula is C9H19NO2S. The molecule has 1 atom stereocenters. The van der Waals surface area contributed by atoms with Gasteiger partial charge < -0.3 is 10.5 Å². The Morgan fingerprint density at radius 2 is 2.00 bits per heavy atom. The Morgan fingerprint density at radius 3 is 2.54 bits per heavy atom. The molecule has 1 aliphatic carbocycles. The van der Waals surface area contributed by atoms with Crippen molar-refractivity contribution in [2.24, 2.45) is 5.73 Å². The molecule has 0 aromatic heterocycles. The first-order valence-corrected chi connectivity index (χ1v) is 6.24. The second-order valence-corrected chi connectivity index (χ2v) is 5.45. The predicted octanol–water partition coefficient (Wildman–Crippen LogP) is 0.651. The van der Waals surface area contributed by atoms with Crippen molar-refractivity contribution in [1.29, 1.82) is 0 Å². The number of nitrogens with two attached hydrogens (primary N) is 1. The smallest absolute Gasteiger partial charge is 0.0577 e. The maximum absolute atomic E-state index is 11.7. The maximum atomic E-state index is 11.7. The summed E-state index contributed by atoms with van der Waals surface area (Å²) < 4.78 is 16.6. The largest absolute Gasteiger partial charge is 0.384 e. The molecule has 13 heavy (non-hydrogen) atoms. The topological polar surface area (TPSA) is 52.3 Å². The molecular weight excluding hydrogens is 186 g/mol. The number of rotatable bonds is 4. The minimum absolute atomic E-state index is 0.343. The van der Waals surface area contributed by atoms with E-state index in [4.69, 9.17) is 10.5 Å². The van der Waals surface area contributed by atoms with Gasteiger partial charge >= 0.3 is 0 Å². The van der Waals surface area contributed by atoms with Crippen LogP contribution < -0.4 is 5.73 Å². The molecule has 2 N–H and O–H groups in total. The molecule has 0 aromatic carbocycles. The summed E-state index contributed by atoms with van der Waals surface area (Å²) in [5.74, 6) is 0.677. The summed E-state index contributed by atoms with van der Waals surface area (Å²) in [6.07, 6.45) is 4.11. The van der Waals surface area contributed by atoms with Crippen LogP contribution in [0.25, 0.3) is 0 Å². The average molecular weight is 205 g/mol. The summed E-state index contributed by atoms with van der Waals surface area (Å²) in [7, 11) is 0.945. The van der Waals surface area contributed by atoms with Gasteiger partial charge in [-0.2, -0.15) is 0 Å². The van der Waals surface area contributed by atoms with Gasteiger partial charge in [-0.3, -0.25) is 4.21 Å². The molecule has 1 rings (SSSR count). The van der Waals surface area contributed by atoms with Gasteiger partial charge in [0.1, 0.15) is 0 Å². The van der Waals surface area contributed by atoms with E-state index in [-0.39, 0.29) is 0 Å². The predicted molar refractivity (Wildman–Crippen MR) is 55.1 cm³/mol. The van der Waals surface area contributed by atoms with E-state index in [1.165, 1.54) is 0 Å². The van der Waals surface area contributed by atoms with Gasteiger partial charge in [-0.1, -0.05) is 0 Å². The van der Waals surface area contributed by atoms with Crippen LogP contribution in [0.15, 0.2) is 0 Å². The zero-order valence-electron chi connectivity index (χ0n) is 8.20. The monoisotopic (exact) mass is 205 g/mol. The van der Waals surface area contributed by atoms with E-state index in [0.717, 1.165) is 25.7 Å². The molecule has 0 radical (unpaired) electrons. The van der Waals surface area contributed by atoms with Crippen molar-refractivity contribution in [2.45, 2.75) is 37.0 Å². The van der Waals surface area contributed by atoms with Crippen molar-refractivity contribution in [3.63, 3.8) is 0 Å². The van der Waals surface area contributed by atoms with Crippen LogP contribution in [-0.4, -0.2) is 35.0 Å². The van der Waals surface area contributed by atoms with Crippen molar-refractivity contribution in [3.05, 3.63) is 0 Å². The first-order chi connectivity index (χ1) is 6.24. The highest BCUT2D eigenvalue weighted by Gasteiger charge is 2.22. The molecule has 4 heteroatoms. The van der Waals surface area contributed by atoms with Crippen LogP contribution >= 0.6 is 0 Å². The zero-order valence-corrected chi connectivity index (χ0v) is 9.02. The molecule has 0 bridgehead atoms. The Morgan fingerprint density at radius 1 is 1.38 bits per heavy atom. The first kappa shape index (κ1) is 11.1. The molecule has 1 fully saturated rings. The molecule has 1 saturated carbocycles. The Bertz CT molecular complexity index is 167. The molecule has 1 aliphatic rings. The fraction of sp³-hybridized carbons (Fsp3) is 1.00. The van der Waals surface area contributed by atoms with Gasteiger partial charge in [0.15, 0.2) is 0 Å². The Balaban J connectivity index is 2.23. The molecule has 1 unspecified atom stereocenters. The second-order valence-electron chi connectivity index (χ2n) is 3.61. The highest BCUT2D eigenvalue weighted by atomic mass is 32.2. The fourth-order valence-corrected chi connectivity index (χ4v) is 3.15. The quantitative estimate of drug-likeness (QED) is 0.733. The Kier molecular flexibility index (Phi) is 4.91. The van der Waals surface area contributed by atoms with Gasteiger partial charge in [0, 0.05) is 35.0 Å². The number of hydrogen-bond acceptors (Lipinski definition) is 3. The molecule has 0 saturated heterocycles. The molecule has 0 spiro atoms.